The molecule has 0 aromatic heterocycles. The number of hydrogen-bond donors (Lipinski definition) is 0. The van der Waals surface area contributed by atoms with E-state index in [1.54, 1.807) is 21.5 Å². The molecule has 41 heavy (non-hydrogen) atoms. The molecule has 0 fully saturated rings. The highest BCUT2D eigenvalue weighted by Gasteiger charge is 2.43. The molecule has 0 atom stereocenters. The van der Waals surface area contributed by atoms with Gasteiger partial charge in [0.05, 0.1) is 0 Å². The number of hydrogen-bond acceptors (Lipinski definition) is 0. The van der Waals surface area contributed by atoms with Crippen molar-refractivity contribution < 1.29 is 0 Å². The van der Waals surface area contributed by atoms with Crippen LogP contribution in [-0.4, -0.2) is 8.07 Å². The van der Waals surface area contributed by atoms with E-state index < -0.39 is 8.07 Å². The van der Waals surface area contributed by atoms with Gasteiger partial charge in [-0.1, -0.05) is 147 Å². The molecule has 2 aliphatic rings. The fraction of sp³-hybridized carbons (Fsp3) is 0.250. The van der Waals surface area contributed by atoms with Gasteiger partial charge in [-0.2, -0.15) is 0 Å². The first-order chi connectivity index (χ1) is 19.8. The van der Waals surface area contributed by atoms with Gasteiger partial charge < -0.3 is 0 Å². The molecular weight excluding hydrogens is 509 g/mol. The predicted molar refractivity (Wildman–Crippen MR) is 181 cm³/mol. The third-order valence-corrected chi connectivity index (χ3v) is 12.7. The summed E-state index contributed by atoms with van der Waals surface area (Å²) < 4.78 is 0. The fourth-order valence-corrected chi connectivity index (χ4v) is 11.3. The molecule has 0 saturated carbocycles. The van der Waals surface area contributed by atoms with E-state index in [2.05, 4.69) is 139 Å². The molecule has 0 spiro atoms. The van der Waals surface area contributed by atoms with Crippen LogP contribution in [0.2, 0.25) is 13.1 Å². The minimum atomic E-state index is -2.19. The Balaban J connectivity index is 1.59. The van der Waals surface area contributed by atoms with Gasteiger partial charge in [-0.3, -0.25) is 0 Å². The minimum absolute atomic E-state index is 1.13. The number of allylic oxidation sites excluding steroid dienone is 2. The molecule has 0 heterocycles. The first-order valence-electron chi connectivity index (χ1n) is 15.4. The van der Waals surface area contributed by atoms with E-state index in [1.165, 1.54) is 55.6 Å². The maximum absolute atomic E-state index is 2.63. The van der Waals surface area contributed by atoms with Crippen molar-refractivity contribution >= 4 is 18.5 Å². The summed E-state index contributed by atoms with van der Waals surface area (Å²) in [6, 6.07) is 32.1. The summed E-state index contributed by atoms with van der Waals surface area (Å²) in [6.07, 6.45) is 9.61. The molecular formula is C40H42Si. The Morgan fingerprint density at radius 2 is 0.902 bits per heavy atom. The van der Waals surface area contributed by atoms with Crippen LogP contribution in [0.5, 0.6) is 0 Å². The molecule has 0 unspecified atom stereocenters. The summed E-state index contributed by atoms with van der Waals surface area (Å²) in [7, 11) is -2.19. The van der Waals surface area contributed by atoms with Crippen molar-refractivity contribution in [2.75, 3.05) is 0 Å². The number of aryl methyl sites for hydroxylation is 2. The predicted octanol–water partition coefficient (Wildman–Crippen LogP) is 11.4. The lowest BCUT2D eigenvalue weighted by Gasteiger charge is -2.33. The zero-order chi connectivity index (χ0) is 28.7. The second-order valence-electron chi connectivity index (χ2n) is 12.5. The van der Waals surface area contributed by atoms with E-state index in [-0.39, 0.29) is 0 Å². The van der Waals surface area contributed by atoms with Crippen molar-refractivity contribution in [2.24, 2.45) is 0 Å². The van der Waals surface area contributed by atoms with Crippen molar-refractivity contribution in [1.29, 1.82) is 0 Å². The van der Waals surface area contributed by atoms with Crippen molar-refractivity contribution in [2.45, 2.75) is 66.5 Å². The average molecular weight is 551 g/mol. The number of benzene rings is 4. The van der Waals surface area contributed by atoms with Gasteiger partial charge in [0.15, 0.2) is 0 Å². The second-order valence-corrected chi connectivity index (χ2v) is 16.7. The Morgan fingerprint density at radius 1 is 0.512 bits per heavy atom. The molecule has 0 amide bonds. The topological polar surface area (TPSA) is 0 Å². The summed E-state index contributed by atoms with van der Waals surface area (Å²) in [4.78, 5) is 0. The first kappa shape index (κ1) is 27.7. The van der Waals surface area contributed by atoms with Gasteiger partial charge in [0.25, 0.3) is 0 Å². The molecule has 4 aromatic rings. The van der Waals surface area contributed by atoms with E-state index in [1.807, 2.05) is 0 Å². The molecule has 0 aliphatic heterocycles. The standard InChI is InChI=1S/C40H42Si/c1-7-11-33-25-31-13-9-15-35(29-21-17-27(3)18-22-29)37(31)39(33)41(5,6)40-34(12-8-2)26-32-14-10-16-36(38(32)40)30-23-19-28(4)20-24-30/h9-10,13-26H,7-8,11-12H2,1-6H3. The van der Waals surface area contributed by atoms with Crippen LogP contribution in [0.4, 0.5) is 0 Å². The van der Waals surface area contributed by atoms with Crippen LogP contribution in [0.3, 0.4) is 0 Å². The Kier molecular flexibility index (Phi) is 7.51. The van der Waals surface area contributed by atoms with E-state index in [4.69, 9.17) is 0 Å². The minimum Gasteiger partial charge on any atom is -0.0651 e. The Hall–Kier alpha value is -3.42. The van der Waals surface area contributed by atoms with Gasteiger partial charge in [0.1, 0.15) is 8.07 Å². The van der Waals surface area contributed by atoms with E-state index >= 15 is 0 Å². The molecule has 0 saturated heterocycles. The van der Waals surface area contributed by atoms with Gasteiger partial charge in [-0.05, 0) is 81.6 Å². The van der Waals surface area contributed by atoms with Crippen LogP contribution >= 0.6 is 0 Å². The van der Waals surface area contributed by atoms with Crippen LogP contribution < -0.4 is 0 Å². The molecule has 206 valence electrons. The van der Waals surface area contributed by atoms with Gasteiger partial charge in [-0.15, -0.1) is 0 Å². The van der Waals surface area contributed by atoms with Crippen LogP contribution in [0.1, 0.15) is 72.9 Å². The zero-order valence-electron chi connectivity index (χ0n) is 25.6. The lowest BCUT2D eigenvalue weighted by molar-refractivity contribution is 0.921. The summed E-state index contributed by atoms with van der Waals surface area (Å²) >= 11 is 0. The zero-order valence-corrected chi connectivity index (χ0v) is 26.6. The molecule has 6 rings (SSSR count). The summed E-state index contributed by atoms with van der Waals surface area (Å²) in [5.74, 6) is 0. The SMILES string of the molecule is CCCC1=C([Si](C)(C)C2=C(CCC)[CH]c3cccc(-c4ccc(C)cc4)c32)c2c(cccc2-c2ccc(C)cc2)[CH]1. The van der Waals surface area contributed by atoms with E-state index in [0.717, 1.165) is 25.7 Å². The van der Waals surface area contributed by atoms with E-state index in [0.29, 0.717) is 0 Å². The van der Waals surface area contributed by atoms with Crippen molar-refractivity contribution in [1.82, 2.24) is 0 Å². The monoisotopic (exact) mass is 550 g/mol. The van der Waals surface area contributed by atoms with E-state index in [9.17, 15) is 0 Å². The smallest absolute Gasteiger partial charge is 0.0651 e. The third kappa shape index (κ3) is 4.89. The quantitative estimate of drug-likeness (QED) is 0.191. The summed E-state index contributed by atoms with van der Waals surface area (Å²) in [6.45, 7) is 14.3. The number of rotatable bonds is 8. The summed E-state index contributed by atoms with van der Waals surface area (Å²) in [5.41, 5.74) is 16.9. The molecule has 0 bridgehead atoms. The lowest BCUT2D eigenvalue weighted by atomic mass is 9.96. The Morgan fingerprint density at radius 3 is 1.27 bits per heavy atom. The maximum atomic E-state index is 2.63. The number of fused-ring (bicyclic) bond motifs is 2. The van der Waals surface area contributed by atoms with Gasteiger partial charge in [-0.25, -0.2) is 0 Å². The molecule has 2 aliphatic carbocycles. The molecule has 0 nitrogen and oxygen atoms in total. The average Bonchev–Trinajstić information content (AvgIpc) is 3.53. The fourth-order valence-electron chi connectivity index (χ4n) is 7.21. The lowest BCUT2D eigenvalue weighted by Crippen LogP contribution is -2.32. The molecule has 1 heteroatoms. The van der Waals surface area contributed by atoms with Crippen LogP contribution in [0.15, 0.2) is 96.1 Å². The largest absolute Gasteiger partial charge is 0.113 e. The van der Waals surface area contributed by atoms with Gasteiger partial charge in [0.2, 0.25) is 0 Å². The normalized spacial score (nSPS) is 14.6. The highest BCUT2D eigenvalue weighted by atomic mass is 28.3. The summed E-state index contributed by atoms with van der Waals surface area (Å²) in [5, 5.41) is 3.29. The van der Waals surface area contributed by atoms with Crippen molar-refractivity contribution in [3.63, 3.8) is 0 Å². The van der Waals surface area contributed by atoms with Gasteiger partial charge >= 0.3 is 0 Å². The highest BCUT2D eigenvalue weighted by molar-refractivity contribution is 7.09. The third-order valence-electron chi connectivity index (χ3n) is 9.01. The van der Waals surface area contributed by atoms with Crippen LogP contribution in [0, 0.1) is 26.7 Å². The Labute approximate surface area is 248 Å². The highest BCUT2D eigenvalue weighted by Crippen LogP contribution is 2.54. The Bertz CT molecular complexity index is 1530. The van der Waals surface area contributed by atoms with Crippen molar-refractivity contribution in [3.8, 4) is 22.3 Å². The second kappa shape index (κ2) is 11.1. The van der Waals surface area contributed by atoms with Crippen LogP contribution in [-0.2, 0) is 0 Å². The molecule has 0 N–H and O–H groups in total. The first-order valence-corrected chi connectivity index (χ1v) is 18.4. The molecule has 4 aromatic carbocycles. The van der Waals surface area contributed by atoms with Gasteiger partial charge in [0, 0.05) is 12.8 Å². The maximum Gasteiger partial charge on any atom is 0.113 e. The van der Waals surface area contributed by atoms with Crippen molar-refractivity contribution in [3.05, 3.63) is 142 Å². The van der Waals surface area contributed by atoms with Crippen LogP contribution in [0.25, 0.3) is 32.6 Å². The molecule has 2 radical (unpaired) electrons.